The van der Waals surface area contributed by atoms with E-state index < -0.39 is 0 Å². The summed E-state index contributed by atoms with van der Waals surface area (Å²) in [4.78, 5) is 0. The molecule has 0 bridgehead atoms. The quantitative estimate of drug-likeness (QED) is 0.248. The summed E-state index contributed by atoms with van der Waals surface area (Å²) in [6.07, 6.45) is 0. The summed E-state index contributed by atoms with van der Waals surface area (Å²) in [7, 11) is 0. The van der Waals surface area contributed by atoms with Crippen LogP contribution in [0.1, 0.15) is 115 Å². The van der Waals surface area contributed by atoms with Crippen LogP contribution in [0.15, 0.2) is 36.4 Å². The molecular weight excluding hydrogens is 583 g/mol. The van der Waals surface area contributed by atoms with Gasteiger partial charge in [0.15, 0.2) is 0 Å². The summed E-state index contributed by atoms with van der Waals surface area (Å²) >= 11 is 0. The summed E-state index contributed by atoms with van der Waals surface area (Å²) in [5.74, 6) is 1.82. The first-order valence-electron chi connectivity index (χ1n) is 11.7. The Bertz CT molecular complexity index is 713. The Labute approximate surface area is 234 Å². The first-order valence-corrected chi connectivity index (χ1v) is 11.7. The molecule has 190 valence electrons. The van der Waals surface area contributed by atoms with E-state index in [1.165, 1.54) is 33.6 Å². The maximum atomic E-state index is 5.25. The third-order valence-electron chi connectivity index (χ3n) is 6.05. The third-order valence-corrected chi connectivity index (χ3v) is 6.05. The van der Waals surface area contributed by atoms with Gasteiger partial charge in [-0.2, -0.15) is 0 Å². The number of benzene rings is 2. The molecule has 0 spiro atoms. The number of nitrogens with zero attached hydrogens (tertiary/aromatic N) is 2. The monoisotopic (exact) mass is 624 g/mol. The van der Waals surface area contributed by atoms with Gasteiger partial charge >= 0.3 is 16.5 Å². The van der Waals surface area contributed by atoms with Gasteiger partial charge in [0.1, 0.15) is 0 Å². The number of rotatable bonds is 9. The summed E-state index contributed by atoms with van der Waals surface area (Å²) < 4.78 is 0. The summed E-state index contributed by atoms with van der Waals surface area (Å²) in [6.45, 7) is 22.5. The minimum atomic E-state index is 0. The van der Waals surface area contributed by atoms with Gasteiger partial charge in [-0.3, -0.25) is 0 Å². The molecule has 0 aromatic heterocycles. The molecule has 2 aromatic carbocycles. The van der Waals surface area contributed by atoms with Crippen LogP contribution in [0.4, 0.5) is 11.4 Å². The van der Waals surface area contributed by atoms with Crippen LogP contribution in [0, 0.1) is 0 Å². The van der Waals surface area contributed by atoms with Crippen molar-refractivity contribution in [3.05, 3.63) is 69.3 Å². The molecule has 0 heterocycles. The van der Waals surface area contributed by atoms with Gasteiger partial charge in [-0.15, -0.1) is 57.4 Å². The zero-order chi connectivity index (χ0) is 22.6. The fourth-order valence-corrected chi connectivity index (χ4v) is 3.94. The van der Waals surface area contributed by atoms with E-state index in [2.05, 4.69) is 106 Å². The molecule has 0 radical (unpaired) electrons. The van der Waals surface area contributed by atoms with Crippen LogP contribution in [-0.2, 0) is 16.5 Å². The van der Waals surface area contributed by atoms with Gasteiger partial charge in [0, 0.05) is 0 Å². The van der Waals surface area contributed by atoms with Crippen LogP contribution in [0.2, 0.25) is 0 Å². The number of hydrogen-bond donors (Lipinski definition) is 0. The molecule has 0 aliphatic heterocycles. The first-order chi connectivity index (χ1) is 14.0. The molecule has 2 nitrogen and oxygen atoms in total. The van der Waals surface area contributed by atoms with Crippen molar-refractivity contribution >= 4 is 45.3 Å². The van der Waals surface area contributed by atoms with E-state index in [1.54, 1.807) is 0 Å². The van der Waals surface area contributed by atoms with E-state index in [4.69, 9.17) is 10.6 Å². The minimum Gasteiger partial charge on any atom is -0.682 e. The van der Waals surface area contributed by atoms with Crippen molar-refractivity contribution in [2.24, 2.45) is 0 Å². The Kier molecular flexibility index (Phi) is 16.3. The molecule has 0 saturated carbocycles. The molecule has 0 N–H and O–H groups in total. The number of hydrogen-bond acceptors (Lipinski definition) is 0. The molecule has 33 heavy (non-hydrogen) atoms. The van der Waals surface area contributed by atoms with E-state index in [0.29, 0.717) is 23.7 Å². The SMILES string of the molecule is Br.Br.CC(C)c1cccc(C(C)C)c1[N-]C(C)C(C)[N-]c1c(C(C)C)cccc1C(C)C.[Ni+2]. The van der Waals surface area contributed by atoms with E-state index in [-0.39, 0.29) is 62.5 Å². The zero-order valence-electron chi connectivity index (χ0n) is 22.0. The largest absolute Gasteiger partial charge is 2.00 e. The van der Waals surface area contributed by atoms with Crippen molar-refractivity contribution in [3.63, 3.8) is 0 Å². The molecule has 2 rings (SSSR count). The number of para-hydroxylation sites is 2. The predicted molar refractivity (Wildman–Crippen MR) is 155 cm³/mol. The van der Waals surface area contributed by atoms with Gasteiger partial charge in [0.25, 0.3) is 0 Å². The average Bonchev–Trinajstić information content (AvgIpc) is 2.67. The topological polar surface area (TPSA) is 28.2 Å². The van der Waals surface area contributed by atoms with E-state index in [9.17, 15) is 0 Å². The van der Waals surface area contributed by atoms with Gasteiger partial charge in [0.05, 0.1) is 0 Å². The van der Waals surface area contributed by atoms with Crippen molar-refractivity contribution in [2.45, 2.75) is 105 Å². The summed E-state index contributed by atoms with van der Waals surface area (Å²) in [5.41, 5.74) is 7.71. The normalized spacial score (nSPS) is 12.7. The molecular formula is C28H44Br2N2Ni. The van der Waals surface area contributed by atoms with Gasteiger partial charge in [-0.05, 0) is 23.7 Å². The van der Waals surface area contributed by atoms with Crippen LogP contribution in [0.3, 0.4) is 0 Å². The van der Waals surface area contributed by atoms with Crippen molar-refractivity contribution in [1.29, 1.82) is 0 Å². The van der Waals surface area contributed by atoms with E-state index in [0.717, 1.165) is 0 Å². The van der Waals surface area contributed by atoms with Crippen LogP contribution < -0.4 is 0 Å². The summed E-state index contributed by atoms with van der Waals surface area (Å²) in [5, 5.41) is 10.5. The zero-order valence-corrected chi connectivity index (χ0v) is 26.4. The second-order valence-corrected chi connectivity index (χ2v) is 9.93. The van der Waals surface area contributed by atoms with Crippen LogP contribution in [0.25, 0.3) is 10.6 Å². The third kappa shape index (κ3) is 8.90. The molecule has 0 saturated heterocycles. The molecule has 0 aliphatic carbocycles. The molecule has 0 amide bonds. The van der Waals surface area contributed by atoms with Crippen LogP contribution in [-0.4, -0.2) is 12.1 Å². The van der Waals surface area contributed by atoms with Crippen molar-refractivity contribution in [1.82, 2.24) is 0 Å². The Morgan fingerprint density at radius 3 is 0.848 bits per heavy atom. The first kappa shape index (κ1) is 34.7. The molecule has 2 atom stereocenters. The molecule has 2 aromatic rings. The fourth-order valence-electron chi connectivity index (χ4n) is 3.94. The predicted octanol–water partition coefficient (Wildman–Crippen LogP) is 10.8. The van der Waals surface area contributed by atoms with Crippen molar-refractivity contribution in [3.8, 4) is 0 Å². The van der Waals surface area contributed by atoms with Crippen LogP contribution in [0.5, 0.6) is 0 Å². The van der Waals surface area contributed by atoms with E-state index in [1.807, 2.05) is 0 Å². The molecule has 0 fully saturated rings. The second kappa shape index (κ2) is 15.5. The van der Waals surface area contributed by atoms with Gasteiger partial charge in [0.2, 0.25) is 0 Å². The Morgan fingerprint density at radius 1 is 0.455 bits per heavy atom. The number of halogens is 2. The van der Waals surface area contributed by atoms with Crippen molar-refractivity contribution in [2.75, 3.05) is 0 Å². The Hall–Kier alpha value is -0.506. The molecule has 0 aliphatic rings. The summed E-state index contributed by atoms with van der Waals surface area (Å²) in [6, 6.07) is 13.5. The fraction of sp³-hybridized carbons (Fsp3) is 0.571. The minimum absolute atomic E-state index is 0. The molecule has 2 unspecified atom stereocenters. The Morgan fingerprint density at radius 2 is 0.667 bits per heavy atom. The van der Waals surface area contributed by atoms with Crippen LogP contribution >= 0.6 is 34.0 Å². The van der Waals surface area contributed by atoms with E-state index >= 15 is 0 Å². The van der Waals surface area contributed by atoms with Gasteiger partial charge in [-0.25, -0.2) is 0 Å². The average molecular weight is 627 g/mol. The van der Waals surface area contributed by atoms with Gasteiger partial charge < -0.3 is 10.6 Å². The van der Waals surface area contributed by atoms with Gasteiger partial charge in [-0.1, -0.05) is 128 Å². The maximum Gasteiger partial charge on any atom is 2.00 e. The standard InChI is InChI=1S/C28H42N2.2BrH.Ni/c1-17(2)23-13-11-14-24(18(3)4)27(23)29-21(9)22(10)30-28-25(19(5)6)15-12-16-26(28)20(7)8;;;/h11-22H,1-10H3;2*1H;/q-2;;;+2. The second-order valence-electron chi connectivity index (χ2n) is 9.93. The Balaban J connectivity index is 0. The smallest absolute Gasteiger partial charge is 0.682 e. The maximum absolute atomic E-state index is 5.25. The molecule has 5 heteroatoms. The van der Waals surface area contributed by atoms with Crippen molar-refractivity contribution < 1.29 is 16.5 Å².